The van der Waals surface area contributed by atoms with Gasteiger partial charge in [0.15, 0.2) is 12.5 Å². The maximum Gasteiger partial charge on any atom is 0.164 e. The molecule has 2 aliphatic heterocycles. The van der Waals surface area contributed by atoms with Gasteiger partial charge in [0.25, 0.3) is 0 Å². The summed E-state index contributed by atoms with van der Waals surface area (Å²) in [6, 6.07) is 18.6. The van der Waals surface area contributed by atoms with Crippen molar-refractivity contribution < 1.29 is 39.4 Å². The minimum atomic E-state index is -1.16. The third kappa shape index (κ3) is 8.21. The number of aromatic nitrogens is 8. The molecule has 324 valence electrons. The van der Waals surface area contributed by atoms with Gasteiger partial charge in [-0.1, -0.05) is 32.7 Å². The molecular weight excluding hydrogens is 809 g/mol. The van der Waals surface area contributed by atoms with Crippen LogP contribution in [0.3, 0.4) is 0 Å². The quantitative estimate of drug-likeness (QED) is 0.111. The van der Waals surface area contributed by atoms with Gasteiger partial charge in [0, 0.05) is 47.7 Å². The van der Waals surface area contributed by atoms with Crippen LogP contribution in [0.15, 0.2) is 111 Å². The molecule has 10 rings (SSSR count). The normalized spacial score (nSPS) is 23.0. The first-order valence-corrected chi connectivity index (χ1v) is 19.6. The van der Waals surface area contributed by atoms with Crippen LogP contribution in [0.2, 0.25) is 0 Å². The van der Waals surface area contributed by atoms with E-state index in [1.807, 2.05) is 48.5 Å². The lowest BCUT2D eigenvalue weighted by Crippen LogP contribution is -2.34. The van der Waals surface area contributed by atoms with Crippen molar-refractivity contribution in [3.8, 4) is 11.5 Å². The van der Waals surface area contributed by atoms with Crippen LogP contribution >= 0.6 is 0 Å². The fourth-order valence-electron chi connectivity index (χ4n) is 7.58. The topological polar surface area (TPSA) is 257 Å². The van der Waals surface area contributed by atoms with E-state index in [2.05, 4.69) is 43.1 Å². The maximum absolute atomic E-state index is 10.6. The number of hydrogen-bond acceptors (Lipinski definition) is 16. The monoisotopic (exact) mass is 854 g/mol. The van der Waals surface area contributed by atoms with Gasteiger partial charge in [-0.3, -0.25) is 9.97 Å². The minimum absolute atomic E-state index is 0. The van der Waals surface area contributed by atoms with Gasteiger partial charge in [0.1, 0.15) is 96.9 Å². The van der Waals surface area contributed by atoms with Crippen molar-refractivity contribution in [3.05, 3.63) is 122 Å². The number of nitrogens with zero attached hydrogens (tertiary/aromatic N) is 8. The first-order valence-electron chi connectivity index (χ1n) is 19.6. The average Bonchev–Trinajstić information content (AvgIpc) is 4.06. The second-order valence-electron chi connectivity index (χ2n) is 14.8. The highest BCUT2D eigenvalue weighted by atomic mass is 16.6. The molecule has 0 aliphatic carbocycles. The molecule has 0 spiro atoms. The van der Waals surface area contributed by atoms with Crippen LogP contribution in [0.1, 0.15) is 31.0 Å². The van der Waals surface area contributed by atoms with Crippen LogP contribution in [0.25, 0.3) is 56.0 Å². The zero-order valence-corrected chi connectivity index (χ0v) is 33.0. The van der Waals surface area contributed by atoms with Gasteiger partial charge in [0.2, 0.25) is 0 Å². The Morgan fingerprint density at radius 2 is 1.02 bits per heavy atom. The second kappa shape index (κ2) is 17.7. The number of aliphatic hydroxyl groups is 4. The van der Waals surface area contributed by atoms with Crippen molar-refractivity contribution in [1.29, 1.82) is 0 Å². The van der Waals surface area contributed by atoms with Gasteiger partial charge in [-0.15, -0.1) is 0 Å². The number of aliphatic hydroxyl groups excluding tert-OH is 4. The fourth-order valence-corrected chi connectivity index (χ4v) is 7.58. The van der Waals surface area contributed by atoms with E-state index in [0.717, 1.165) is 32.9 Å². The predicted octanol–water partition coefficient (Wildman–Crippen LogP) is 4.44. The summed E-state index contributed by atoms with van der Waals surface area (Å²) in [6.45, 7) is 7.61. The Kier molecular flexibility index (Phi) is 12.0. The van der Waals surface area contributed by atoms with E-state index in [9.17, 15) is 20.4 Å². The molecule has 18 nitrogen and oxygen atoms in total. The Morgan fingerprint density at radius 1 is 0.587 bits per heavy atom. The summed E-state index contributed by atoms with van der Waals surface area (Å²) in [5, 5.41) is 45.4. The summed E-state index contributed by atoms with van der Waals surface area (Å²) in [4.78, 5) is 25.2. The number of fused-ring (bicyclic) bond motifs is 4. The third-order valence-electron chi connectivity index (χ3n) is 11.0. The van der Waals surface area contributed by atoms with E-state index in [1.54, 1.807) is 58.2 Å². The van der Waals surface area contributed by atoms with Crippen molar-refractivity contribution in [2.45, 2.75) is 56.5 Å². The van der Waals surface area contributed by atoms with Crippen molar-refractivity contribution in [1.82, 2.24) is 39.0 Å². The van der Waals surface area contributed by atoms with E-state index in [1.165, 1.54) is 12.7 Å². The zero-order chi connectivity index (χ0) is 43.1. The lowest BCUT2D eigenvalue weighted by molar-refractivity contribution is -0.0471. The third-order valence-corrected chi connectivity index (χ3v) is 11.0. The summed E-state index contributed by atoms with van der Waals surface area (Å²) >= 11 is 0. The number of nitrogens with two attached hydrogens (primary N) is 2. The molecule has 6 aromatic heterocycles. The predicted molar refractivity (Wildman–Crippen MR) is 237 cm³/mol. The van der Waals surface area contributed by atoms with Crippen molar-refractivity contribution in [2.24, 2.45) is 0 Å². The van der Waals surface area contributed by atoms with Crippen LogP contribution in [-0.4, -0.2) is 109 Å². The number of nitrogen functional groups attached to an aromatic ring is 2. The molecule has 0 saturated carbocycles. The summed E-state index contributed by atoms with van der Waals surface area (Å²) in [6.07, 6.45) is 5.36. The van der Waals surface area contributed by atoms with Crippen molar-refractivity contribution >= 4 is 67.7 Å². The van der Waals surface area contributed by atoms with E-state index in [4.69, 9.17) is 30.4 Å². The molecule has 8 atom stereocenters. The molecular formula is C45H46N10O8. The standard InChI is InChI=1S/2C22H21N5O4.CH4/c2*1-2-12-7-13-3-4-14(8-16(13)24-9-12)30-10-17-18(28)19(29)22(31-17)27-6-5-15-20(23)25-11-26-21(15)27;/h2*2-9,11,17-19,22,28-29H,1,10H2,(H2,23,25,26);1H4/t2*17-,18-,19-,22-;/m11./s1. The Morgan fingerprint density at radius 3 is 1.43 bits per heavy atom. The molecule has 8 aromatic rings. The van der Waals surface area contributed by atoms with Gasteiger partial charge >= 0.3 is 0 Å². The van der Waals surface area contributed by atoms with E-state index in [-0.39, 0.29) is 20.6 Å². The molecule has 2 fully saturated rings. The van der Waals surface area contributed by atoms with Gasteiger partial charge in [-0.05, 0) is 59.7 Å². The number of ether oxygens (including phenoxy) is 4. The molecule has 0 bridgehead atoms. The van der Waals surface area contributed by atoms with Gasteiger partial charge < -0.3 is 60.0 Å². The number of pyridine rings is 2. The Labute approximate surface area is 360 Å². The molecule has 8 N–H and O–H groups in total. The van der Waals surface area contributed by atoms with Crippen LogP contribution < -0.4 is 20.9 Å². The minimum Gasteiger partial charge on any atom is -0.491 e. The number of rotatable bonds is 10. The zero-order valence-electron chi connectivity index (χ0n) is 33.0. The summed E-state index contributed by atoms with van der Waals surface area (Å²) in [7, 11) is 0. The van der Waals surface area contributed by atoms with E-state index >= 15 is 0 Å². The van der Waals surface area contributed by atoms with Crippen LogP contribution in [-0.2, 0) is 9.47 Å². The lowest BCUT2D eigenvalue weighted by Gasteiger charge is -2.17. The number of anilines is 2. The summed E-state index contributed by atoms with van der Waals surface area (Å²) in [5.74, 6) is 1.85. The highest BCUT2D eigenvalue weighted by Crippen LogP contribution is 2.35. The summed E-state index contributed by atoms with van der Waals surface area (Å²) < 4.78 is 26.8. The molecule has 2 saturated heterocycles. The Balaban J connectivity index is 0.000000170. The van der Waals surface area contributed by atoms with Crippen LogP contribution in [0.5, 0.6) is 11.5 Å². The second-order valence-corrected chi connectivity index (χ2v) is 14.8. The Hall–Kier alpha value is -7.06. The average molecular weight is 855 g/mol. The number of benzene rings is 2. The van der Waals surface area contributed by atoms with Gasteiger partial charge in [-0.25, -0.2) is 19.9 Å². The Bertz CT molecular complexity index is 2740. The van der Waals surface area contributed by atoms with Gasteiger partial charge in [-0.2, -0.15) is 0 Å². The molecule has 18 heteroatoms. The van der Waals surface area contributed by atoms with Gasteiger partial charge in [0.05, 0.1) is 21.8 Å². The summed E-state index contributed by atoms with van der Waals surface area (Å²) in [5.41, 5.74) is 16.2. The fraction of sp³-hybridized carbons (Fsp3) is 0.244. The molecule has 2 aromatic carbocycles. The first kappa shape index (κ1) is 42.6. The van der Waals surface area contributed by atoms with E-state index < -0.39 is 49.1 Å². The van der Waals surface area contributed by atoms with Crippen molar-refractivity contribution in [3.63, 3.8) is 0 Å². The largest absolute Gasteiger partial charge is 0.491 e. The van der Waals surface area contributed by atoms with Crippen LogP contribution in [0.4, 0.5) is 11.6 Å². The smallest absolute Gasteiger partial charge is 0.164 e. The SMILES string of the molecule is C.C=Cc1cnc2cc(OC[C@H]3O[C@@H](n4ccc5c(N)ncnc54)[C@H](O)[C@@H]3O)ccc2c1.C=Cc1cnc2cc(OC[C@H]3O[C@@H](n4ccc5c(N)ncnc54)[C@H](O)[C@@H]3O)ccc2c1. The van der Waals surface area contributed by atoms with Crippen molar-refractivity contribution in [2.75, 3.05) is 24.7 Å². The maximum atomic E-state index is 10.6. The first-order chi connectivity index (χ1) is 30.1. The molecule has 0 radical (unpaired) electrons. The van der Waals surface area contributed by atoms with E-state index in [0.29, 0.717) is 45.2 Å². The highest BCUT2D eigenvalue weighted by Gasteiger charge is 2.45. The molecule has 2 aliphatic rings. The highest BCUT2D eigenvalue weighted by molar-refractivity contribution is 5.87. The lowest BCUT2D eigenvalue weighted by atomic mass is 10.1. The molecule has 0 unspecified atom stereocenters. The van der Waals surface area contributed by atoms with Crippen LogP contribution in [0, 0.1) is 0 Å². The number of hydrogen-bond donors (Lipinski definition) is 6. The molecule has 8 heterocycles. The molecule has 63 heavy (non-hydrogen) atoms. The molecule has 0 amide bonds.